The monoisotopic (exact) mass is 382 g/mol. The molecule has 0 N–H and O–H groups in total. The van der Waals surface area contributed by atoms with Crippen LogP contribution in [-0.2, 0) is 4.74 Å². The van der Waals surface area contributed by atoms with Gasteiger partial charge in [0, 0.05) is 51.6 Å². The largest absolute Gasteiger partial charge is 0.474 e. The van der Waals surface area contributed by atoms with E-state index in [-0.39, 0.29) is 0 Å². The lowest BCUT2D eigenvalue weighted by Crippen LogP contribution is -2.48. The molecule has 1 aromatic carbocycles. The van der Waals surface area contributed by atoms with E-state index in [2.05, 4.69) is 38.0 Å². The zero-order valence-corrected chi connectivity index (χ0v) is 16.6. The molecule has 5 rings (SSSR count). The van der Waals surface area contributed by atoms with Crippen molar-refractivity contribution in [3.63, 3.8) is 0 Å². The Bertz CT molecular complexity index is 796. The molecule has 0 unspecified atom stereocenters. The summed E-state index contributed by atoms with van der Waals surface area (Å²) in [5.74, 6) is 1.55. The lowest BCUT2D eigenvalue weighted by Gasteiger charge is -2.38. The molecule has 1 aromatic heterocycles. The van der Waals surface area contributed by atoms with E-state index >= 15 is 0 Å². The number of ether oxygens (including phenoxy) is 2. The number of piperazine rings is 1. The Morgan fingerprint density at radius 2 is 1.82 bits per heavy atom. The van der Waals surface area contributed by atoms with Gasteiger partial charge in [-0.25, -0.2) is 9.97 Å². The predicted molar refractivity (Wildman–Crippen MR) is 110 cm³/mol. The zero-order chi connectivity index (χ0) is 18.8. The molecular formula is C22H30N4O2. The minimum absolute atomic E-state index is 0.329. The quantitative estimate of drug-likeness (QED) is 0.792. The van der Waals surface area contributed by atoms with Gasteiger partial charge in [0.25, 0.3) is 0 Å². The fourth-order valence-corrected chi connectivity index (χ4v) is 4.44. The van der Waals surface area contributed by atoms with Crippen LogP contribution in [-0.4, -0.2) is 66.9 Å². The maximum Gasteiger partial charge on any atom is 0.224 e. The number of fused-ring (bicyclic) bond motifs is 1. The first kappa shape index (κ1) is 18.1. The standard InChI is InChI=1S/C22H30N4O2/c1-2-19(3-1)28-22-20-14-18(4-5-21(20)23-16-24-22)26-10-8-25(9-11-26)15-17-6-12-27-13-7-17/h4-5,14,16-17,19H,1-3,6-13,15H2. The van der Waals surface area contributed by atoms with E-state index in [4.69, 9.17) is 9.47 Å². The third-order valence-corrected chi connectivity index (χ3v) is 6.51. The van der Waals surface area contributed by atoms with Crippen molar-refractivity contribution >= 4 is 16.6 Å². The summed E-state index contributed by atoms with van der Waals surface area (Å²) in [5, 5.41) is 1.04. The van der Waals surface area contributed by atoms with E-state index in [9.17, 15) is 0 Å². The van der Waals surface area contributed by atoms with Crippen LogP contribution >= 0.6 is 0 Å². The Balaban J connectivity index is 1.25. The number of benzene rings is 1. The van der Waals surface area contributed by atoms with Crippen LogP contribution in [0.15, 0.2) is 24.5 Å². The Kier molecular flexibility index (Phi) is 5.32. The summed E-state index contributed by atoms with van der Waals surface area (Å²) in [6.45, 7) is 7.51. The molecule has 3 heterocycles. The van der Waals surface area contributed by atoms with Crippen molar-refractivity contribution in [2.45, 2.75) is 38.2 Å². The van der Waals surface area contributed by atoms with Crippen molar-refractivity contribution in [2.75, 3.05) is 50.8 Å². The molecule has 2 aromatic rings. The third-order valence-electron chi connectivity index (χ3n) is 6.51. The summed E-state index contributed by atoms with van der Waals surface area (Å²) in [4.78, 5) is 14.0. The minimum atomic E-state index is 0.329. The Morgan fingerprint density at radius 3 is 2.57 bits per heavy atom. The molecule has 0 radical (unpaired) electrons. The molecule has 3 aliphatic rings. The van der Waals surface area contributed by atoms with Crippen LogP contribution in [0.3, 0.4) is 0 Å². The van der Waals surface area contributed by atoms with E-state index in [1.807, 2.05) is 0 Å². The van der Waals surface area contributed by atoms with Crippen molar-refractivity contribution < 1.29 is 9.47 Å². The second kappa shape index (κ2) is 8.21. The Labute approximate surface area is 166 Å². The zero-order valence-electron chi connectivity index (χ0n) is 16.6. The highest BCUT2D eigenvalue weighted by Crippen LogP contribution is 2.31. The van der Waals surface area contributed by atoms with Crippen molar-refractivity contribution in [3.05, 3.63) is 24.5 Å². The van der Waals surface area contributed by atoms with Crippen molar-refractivity contribution in [1.29, 1.82) is 0 Å². The summed E-state index contributed by atoms with van der Waals surface area (Å²) >= 11 is 0. The molecule has 0 spiro atoms. The average Bonchev–Trinajstić information content (AvgIpc) is 2.72. The molecule has 0 bridgehead atoms. The number of nitrogens with zero attached hydrogens (tertiary/aromatic N) is 4. The van der Waals surface area contributed by atoms with Crippen molar-refractivity contribution in [1.82, 2.24) is 14.9 Å². The molecule has 3 fully saturated rings. The van der Waals surface area contributed by atoms with Gasteiger partial charge in [0.05, 0.1) is 10.9 Å². The molecular weight excluding hydrogens is 352 g/mol. The molecule has 28 heavy (non-hydrogen) atoms. The molecule has 150 valence electrons. The van der Waals surface area contributed by atoms with Gasteiger partial charge < -0.3 is 14.4 Å². The highest BCUT2D eigenvalue weighted by Gasteiger charge is 2.23. The fraction of sp³-hybridized carbons (Fsp3) is 0.636. The summed E-state index contributed by atoms with van der Waals surface area (Å²) in [7, 11) is 0. The smallest absolute Gasteiger partial charge is 0.224 e. The summed E-state index contributed by atoms with van der Waals surface area (Å²) in [6.07, 6.45) is 7.92. The first-order valence-electron chi connectivity index (χ1n) is 10.8. The lowest BCUT2D eigenvalue weighted by molar-refractivity contribution is 0.0517. The normalized spacial score (nSPS) is 22.4. The molecule has 1 saturated carbocycles. The van der Waals surface area contributed by atoms with Crippen LogP contribution in [0.4, 0.5) is 5.69 Å². The number of rotatable bonds is 5. The summed E-state index contributed by atoms with van der Waals surface area (Å²) in [6, 6.07) is 6.52. The predicted octanol–water partition coefficient (Wildman–Crippen LogP) is 3.11. The van der Waals surface area contributed by atoms with Gasteiger partial charge in [-0.3, -0.25) is 4.90 Å². The van der Waals surface area contributed by atoms with Crippen LogP contribution in [0.2, 0.25) is 0 Å². The number of anilines is 1. The average molecular weight is 383 g/mol. The van der Waals surface area contributed by atoms with Crippen LogP contribution in [0, 0.1) is 5.92 Å². The Morgan fingerprint density at radius 1 is 1.00 bits per heavy atom. The van der Waals surface area contributed by atoms with Gasteiger partial charge in [0.15, 0.2) is 0 Å². The van der Waals surface area contributed by atoms with Crippen LogP contribution < -0.4 is 9.64 Å². The van der Waals surface area contributed by atoms with E-state index in [1.165, 1.54) is 31.5 Å². The van der Waals surface area contributed by atoms with Gasteiger partial charge in [0.2, 0.25) is 5.88 Å². The maximum atomic E-state index is 6.12. The first-order valence-corrected chi connectivity index (χ1v) is 10.8. The molecule has 1 aliphatic carbocycles. The van der Waals surface area contributed by atoms with Gasteiger partial charge >= 0.3 is 0 Å². The second-order valence-electron chi connectivity index (χ2n) is 8.39. The van der Waals surface area contributed by atoms with Crippen molar-refractivity contribution in [3.8, 4) is 5.88 Å². The maximum absolute atomic E-state index is 6.12. The molecule has 6 nitrogen and oxygen atoms in total. The van der Waals surface area contributed by atoms with Gasteiger partial charge in [0.1, 0.15) is 12.4 Å². The van der Waals surface area contributed by atoms with E-state index in [1.54, 1.807) is 6.33 Å². The minimum Gasteiger partial charge on any atom is -0.474 e. The highest BCUT2D eigenvalue weighted by atomic mass is 16.5. The van der Waals surface area contributed by atoms with Gasteiger partial charge in [-0.15, -0.1) is 0 Å². The fourth-order valence-electron chi connectivity index (χ4n) is 4.44. The summed E-state index contributed by atoms with van der Waals surface area (Å²) < 4.78 is 11.6. The van der Waals surface area contributed by atoms with Crippen LogP contribution in [0.1, 0.15) is 32.1 Å². The SMILES string of the molecule is c1nc(OC2CCC2)c2cc(N3CCN(CC4CCOCC4)CC3)ccc2n1. The summed E-state index contributed by atoms with van der Waals surface area (Å²) in [5.41, 5.74) is 2.22. The van der Waals surface area contributed by atoms with Gasteiger partial charge in [-0.1, -0.05) is 0 Å². The topological polar surface area (TPSA) is 50.7 Å². The van der Waals surface area contributed by atoms with E-state index in [0.717, 1.165) is 74.9 Å². The number of hydrogen-bond donors (Lipinski definition) is 0. The van der Waals surface area contributed by atoms with Crippen LogP contribution in [0.25, 0.3) is 10.9 Å². The molecule has 2 aliphatic heterocycles. The molecule has 2 saturated heterocycles. The van der Waals surface area contributed by atoms with E-state index in [0.29, 0.717) is 6.10 Å². The van der Waals surface area contributed by atoms with Gasteiger partial charge in [-0.05, 0) is 56.2 Å². The second-order valence-corrected chi connectivity index (χ2v) is 8.39. The highest BCUT2D eigenvalue weighted by molar-refractivity contribution is 5.86. The van der Waals surface area contributed by atoms with E-state index < -0.39 is 0 Å². The lowest BCUT2D eigenvalue weighted by atomic mass is 9.96. The molecule has 0 amide bonds. The van der Waals surface area contributed by atoms with Gasteiger partial charge in [-0.2, -0.15) is 0 Å². The molecule has 6 heteroatoms. The number of aromatic nitrogens is 2. The van der Waals surface area contributed by atoms with Crippen molar-refractivity contribution in [2.24, 2.45) is 5.92 Å². The number of hydrogen-bond acceptors (Lipinski definition) is 6. The third kappa shape index (κ3) is 3.94. The van der Waals surface area contributed by atoms with Crippen LogP contribution in [0.5, 0.6) is 5.88 Å². The first-order chi connectivity index (χ1) is 13.8. The Hall–Kier alpha value is -1.92. The molecule has 0 atom stereocenters.